The number of sulfonamides is 1. The van der Waals surface area contributed by atoms with Crippen molar-refractivity contribution in [2.75, 3.05) is 4.72 Å². The number of aryl methyl sites for hydroxylation is 2. The van der Waals surface area contributed by atoms with Crippen molar-refractivity contribution in [3.05, 3.63) is 40.5 Å². The van der Waals surface area contributed by atoms with E-state index in [2.05, 4.69) is 25.6 Å². The van der Waals surface area contributed by atoms with Crippen molar-refractivity contribution >= 4 is 31.6 Å². The molecule has 5 nitrogen and oxygen atoms in total. The molecular formula is C11H11BrFN3O2S. The third-order valence-electron chi connectivity index (χ3n) is 2.53. The Morgan fingerprint density at radius 2 is 2.11 bits per heavy atom. The number of imidazole rings is 1. The zero-order valence-electron chi connectivity index (χ0n) is 10.2. The molecule has 0 saturated heterocycles. The van der Waals surface area contributed by atoms with E-state index in [9.17, 15) is 12.8 Å². The second kappa shape index (κ2) is 4.93. The fourth-order valence-electron chi connectivity index (χ4n) is 1.43. The average molecular weight is 348 g/mol. The number of aromatic nitrogens is 2. The Morgan fingerprint density at radius 3 is 2.68 bits per heavy atom. The highest BCUT2D eigenvalue weighted by Gasteiger charge is 2.19. The minimum absolute atomic E-state index is 0.108. The van der Waals surface area contributed by atoms with Gasteiger partial charge in [-0.1, -0.05) is 0 Å². The SMILES string of the molecule is Cc1nc(S(=O)(=O)Nc2cc(F)ccc2Br)cn1C. The molecule has 8 heteroatoms. The van der Waals surface area contributed by atoms with Gasteiger partial charge in [0.1, 0.15) is 11.6 Å². The molecule has 0 spiro atoms. The van der Waals surface area contributed by atoms with Crippen LogP contribution in [0.25, 0.3) is 0 Å². The topological polar surface area (TPSA) is 64.0 Å². The maximum atomic E-state index is 13.1. The number of nitrogens with zero attached hydrogens (tertiary/aromatic N) is 2. The van der Waals surface area contributed by atoms with Crippen molar-refractivity contribution < 1.29 is 12.8 Å². The summed E-state index contributed by atoms with van der Waals surface area (Å²) in [5.74, 6) is 0.0387. The summed E-state index contributed by atoms with van der Waals surface area (Å²) in [6.45, 7) is 1.69. The van der Waals surface area contributed by atoms with E-state index < -0.39 is 15.8 Å². The van der Waals surface area contributed by atoms with Gasteiger partial charge in [0.2, 0.25) is 0 Å². The van der Waals surface area contributed by atoms with Crippen molar-refractivity contribution in [2.24, 2.45) is 7.05 Å². The Kier molecular flexibility index (Phi) is 3.64. The maximum absolute atomic E-state index is 13.1. The second-order valence-electron chi connectivity index (χ2n) is 3.97. The zero-order valence-corrected chi connectivity index (χ0v) is 12.6. The first-order valence-corrected chi connectivity index (χ1v) is 7.55. The van der Waals surface area contributed by atoms with E-state index in [1.165, 1.54) is 18.3 Å². The van der Waals surface area contributed by atoms with Crippen LogP contribution in [0.4, 0.5) is 10.1 Å². The van der Waals surface area contributed by atoms with Crippen LogP contribution in [0.1, 0.15) is 5.82 Å². The van der Waals surface area contributed by atoms with Crippen LogP contribution < -0.4 is 4.72 Å². The number of halogens is 2. The minimum Gasteiger partial charge on any atom is -0.337 e. The predicted octanol–water partition coefficient (Wildman–Crippen LogP) is 2.43. The summed E-state index contributed by atoms with van der Waals surface area (Å²) < 4.78 is 41.7. The molecule has 1 aromatic carbocycles. The maximum Gasteiger partial charge on any atom is 0.280 e. The highest BCUT2D eigenvalue weighted by atomic mass is 79.9. The Bertz CT molecular complexity index is 708. The summed E-state index contributed by atoms with van der Waals surface area (Å²) in [5.41, 5.74) is 0.128. The van der Waals surface area contributed by atoms with Gasteiger partial charge in [-0.3, -0.25) is 4.72 Å². The quantitative estimate of drug-likeness (QED) is 0.927. The summed E-state index contributed by atoms with van der Waals surface area (Å²) in [6.07, 6.45) is 1.39. The van der Waals surface area contributed by atoms with E-state index in [1.807, 2.05) is 0 Å². The molecule has 0 aliphatic rings. The van der Waals surface area contributed by atoms with Crippen LogP contribution in [0, 0.1) is 12.7 Å². The molecule has 1 aromatic heterocycles. The Labute approximate surface area is 118 Å². The van der Waals surface area contributed by atoms with Crippen molar-refractivity contribution in [3.8, 4) is 0 Å². The van der Waals surface area contributed by atoms with Crippen molar-refractivity contribution in [2.45, 2.75) is 11.9 Å². The highest BCUT2D eigenvalue weighted by Crippen LogP contribution is 2.25. The van der Waals surface area contributed by atoms with Crippen LogP contribution in [0.2, 0.25) is 0 Å². The van der Waals surface area contributed by atoms with Gasteiger partial charge < -0.3 is 4.57 Å². The fourth-order valence-corrected chi connectivity index (χ4v) is 3.02. The molecule has 0 radical (unpaired) electrons. The van der Waals surface area contributed by atoms with E-state index in [0.717, 1.165) is 6.07 Å². The van der Waals surface area contributed by atoms with Crippen LogP contribution in [0.5, 0.6) is 0 Å². The molecule has 0 fully saturated rings. The predicted molar refractivity (Wildman–Crippen MR) is 72.9 cm³/mol. The van der Waals surface area contributed by atoms with Crippen LogP contribution in [0.3, 0.4) is 0 Å². The number of rotatable bonds is 3. The molecule has 0 saturated carbocycles. The van der Waals surface area contributed by atoms with Gasteiger partial charge in [0.25, 0.3) is 10.0 Å². The zero-order chi connectivity index (χ0) is 14.2. The first kappa shape index (κ1) is 14.0. The molecule has 102 valence electrons. The summed E-state index contributed by atoms with van der Waals surface area (Å²) in [7, 11) is -2.14. The average Bonchev–Trinajstić information content (AvgIpc) is 2.65. The monoisotopic (exact) mass is 347 g/mol. The van der Waals surface area contributed by atoms with Gasteiger partial charge in [-0.15, -0.1) is 0 Å². The lowest BCUT2D eigenvalue weighted by molar-refractivity contribution is 0.597. The number of benzene rings is 1. The lowest BCUT2D eigenvalue weighted by Crippen LogP contribution is -2.14. The standard InChI is InChI=1S/C11H11BrFN3O2S/c1-7-14-11(6-16(7)2)19(17,18)15-10-5-8(13)3-4-9(10)12/h3-6,15H,1-2H3. The molecule has 0 aliphatic carbocycles. The van der Waals surface area contributed by atoms with Gasteiger partial charge in [0, 0.05) is 17.7 Å². The summed E-state index contributed by atoms with van der Waals surface area (Å²) in [6, 6.07) is 3.75. The van der Waals surface area contributed by atoms with Gasteiger partial charge in [-0.25, -0.2) is 9.37 Å². The summed E-state index contributed by atoms with van der Waals surface area (Å²) in [5, 5.41) is -0.108. The van der Waals surface area contributed by atoms with Gasteiger partial charge >= 0.3 is 0 Å². The summed E-state index contributed by atoms with van der Waals surface area (Å²) >= 11 is 3.16. The van der Waals surface area contributed by atoms with Crippen molar-refractivity contribution in [1.82, 2.24) is 9.55 Å². The second-order valence-corrected chi connectivity index (χ2v) is 6.45. The molecule has 1 N–H and O–H groups in total. The molecule has 0 amide bonds. The highest BCUT2D eigenvalue weighted by molar-refractivity contribution is 9.10. The van der Waals surface area contributed by atoms with E-state index >= 15 is 0 Å². The normalized spacial score (nSPS) is 11.6. The number of anilines is 1. The fraction of sp³-hybridized carbons (Fsp3) is 0.182. The molecule has 0 aliphatic heterocycles. The van der Waals surface area contributed by atoms with Crippen molar-refractivity contribution in [3.63, 3.8) is 0 Å². The molecule has 19 heavy (non-hydrogen) atoms. The Balaban J connectivity index is 2.39. The van der Waals surface area contributed by atoms with Crippen LogP contribution in [-0.2, 0) is 17.1 Å². The van der Waals surface area contributed by atoms with Crippen LogP contribution in [-0.4, -0.2) is 18.0 Å². The van der Waals surface area contributed by atoms with E-state index in [1.54, 1.807) is 18.5 Å². The number of hydrogen-bond donors (Lipinski definition) is 1. The molecular weight excluding hydrogens is 337 g/mol. The first-order valence-electron chi connectivity index (χ1n) is 5.27. The summed E-state index contributed by atoms with van der Waals surface area (Å²) in [4.78, 5) is 3.93. The van der Waals surface area contributed by atoms with E-state index in [0.29, 0.717) is 10.3 Å². The lowest BCUT2D eigenvalue weighted by atomic mass is 10.3. The largest absolute Gasteiger partial charge is 0.337 e. The molecule has 0 unspecified atom stereocenters. The third-order valence-corrected chi connectivity index (χ3v) is 4.46. The number of hydrogen-bond acceptors (Lipinski definition) is 3. The molecule has 2 aromatic rings. The molecule has 1 heterocycles. The van der Waals surface area contributed by atoms with Gasteiger partial charge in [0.15, 0.2) is 5.03 Å². The number of nitrogens with one attached hydrogen (secondary N) is 1. The minimum atomic E-state index is -3.83. The van der Waals surface area contributed by atoms with Gasteiger partial charge in [-0.2, -0.15) is 8.42 Å². The molecule has 0 atom stereocenters. The van der Waals surface area contributed by atoms with E-state index in [4.69, 9.17) is 0 Å². The molecule has 0 bridgehead atoms. The van der Waals surface area contributed by atoms with Crippen LogP contribution >= 0.6 is 15.9 Å². The van der Waals surface area contributed by atoms with E-state index in [-0.39, 0.29) is 10.7 Å². The van der Waals surface area contributed by atoms with Crippen LogP contribution in [0.15, 0.2) is 33.9 Å². The van der Waals surface area contributed by atoms with Gasteiger partial charge in [0.05, 0.1) is 5.69 Å². The Hall–Kier alpha value is -1.41. The first-order chi connectivity index (χ1) is 8.79. The van der Waals surface area contributed by atoms with Gasteiger partial charge in [-0.05, 0) is 41.1 Å². The third kappa shape index (κ3) is 2.95. The lowest BCUT2D eigenvalue weighted by Gasteiger charge is -2.07. The van der Waals surface area contributed by atoms with Crippen molar-refractivity contribution in [1.29, 1.82) is 0 Å². The Morgan fingerprint density at radius 1 is 1.42 bits per heavy atom. The molecule has 2 rings (SSSR count). The smallest absolute Gasteiger partial charge is 0.280 e.